The van der Waals surface area contributed by atoms with Gasteiger partial charge in [-0.1, -0.05) is 56.3 Å². The maximum atomic E-state index is 13.1. The van der Waals surface area contributed by atoms with Gasteiger partial charge in [-0.2, -0.15) is 0 Å². The fourth-order valence-corrected chi connectivity index (χ4v) is 7.54. The maximum absolute atomic E-state index is 13.1. The van der Waals surface area contributed by atoms with E-state index in [1.54, 1.807) is 19.1 Å². The van der Waals surface area contributed by atoms with E-state index in [9.17, 15) is 24.9 Å². The molecule has 2 saturated carbocycles. The minimum Gasteiger partial charge on any atom is -0.455 e. The van der Waals surface area contributed by atoms with Crippen molar-refractivity contribution in [1.82, 2.24) is 0 Å². The van der Waals surface area contributed by atoms with Gasteiger partial charge >= 0.3 is 5.97 Å². The van der Waals surface area contributed by atoms with E-state index in [-0.39, 0.29) is 37.8 Å². The first-order valence-corrected chi connectivity index (χ1v) is 12.2. The van der Waals surface area contributed by atoms with Crippen molar-refractivity contribution in [3.63, 3.8) is 0 Å². The van der Waals surface area contributed by atoms with Gasteiger partial charge < -0.3 is 24.8 Å². The highest BCUT2D eigenvalue weighted by Gasteiger charge is 2.85. The molecule has 188 valence electrons. The Hall–Kier alpha value is -2.32. The Kier molecular flexibility index (Phi) is 5.46. The van der Waals surface area contributed by atoms with E-state index in [4.69, 9.17) is 9.47 Å². The minimum absolute atomic E-state index is 0.0504. The average molecular weight is 483 g/mol. The third kappa shape index (κ3) is 3.18. The number of rotatable bonds is 5. The number of esters is 1. The predicted octanol–water partition coefficient (Wildman–Crippen LogP) is 2.13. The standard InChI is InChI=1S/C28H34O7/c1-16-10-20-26(32)14-21(34-4)28(35-22(30)12-17-8-6-5-7-9-17)23(25(28,2)3)19(26)11-18(15-29)13-27(20,33)24(16)31/h5-11,19-21,23,29,32-33H,12-15H2,1-4H3/t19-,20-,21+,23+,26+,27+,28-/m0/s1. The zero-order valence-corrected chi connectivity index (χ0v) is 20.7. The lowest BCUT2D eigenvalue weighted by atomic mass is 9.63. The van der Waals surface area contributed by atoms with Crippen LogP contribution in [0.4, 0.5) is 0 Å². The number of ether oxygens (including phenoxy) is 2. The molecule has 7 heteroatoms. The molecule has 35 heavy (non-hydrogen) atoms. The quantitative estimate of drug-likeness (QED) is 0.435. The van der Waals surface area contributed by atoms with Crippen LogP contribution in [0.25, 0.3) is 0 Å². The van der Waals surface area contributed by atoms with E-state index in [0.717, 1.165) is 5.56 Å². The second-order valence-electron chi connectivity index (χ2n) is 11.3. The molecule has 5 rings (SSSR count). The fourth-order valence-electron chi connectivity index (χ4n) is 7.54. The second kappa shape index (κ2) is 7.84. The number of carbonyl (C=O) groups excluding carboxylic acids is 2. The Balaban J connectivity index is 1.56. The number of carbonyl (C=O) groups is 2. The number of benzene rings is 1. The van der Waals surface area contributed by atoms with Gasteiger partial charge in [0.15, 0.2) is 5.78 Å². The molecule has 0 aliphatic heterocycles. The first kappa shape index (κ1) is 24.4. The van der Waals surface area contributed by atoms with Gasteiger partial charge in [0.05, 0.1) is 18.6 Å². The van der Waals surface area contributed by atoms with Crippen molar-refractivity contribution >= 4 is 11.8 Å². The highest BCUT2D eigenvalue weighted by atomic mass is 16.6. The molecule has 3 N–H and O–H groups in total. The molecule has 0 radical (unpaired) electrons. The van der Waals surface area contributed by atoms with Gasteiger partial charge in [-0.3, -0.25) is 9.59 Å². The lowest BCUT2D eigenvalue weighted by Gasteiger charge is -2.49. The molecular formula is C28H34O7. The minimum atomic E-state index is -1.83. The summed E-state index contributed by atoms with van der Waals surface area (Å²) in [6.45, 7) is 5.30. The van der Waals surface area contributed by atoms with Crippen LogP contribution in [0.5, 0.6) is 0 Å². The summed E-state index contributed by atoms with van der Waals surface area (Å²) in [6, 6.07) is 9.37. The zero-order chi connectivity index (χ0) is 25.4. The number of hydrogen-bond donors (Lipinski definition) is 3. The molecule has 0 saturated heterocycles. The Bertz CT molecular complexity index is 1120. The summed E-state index contributed by atoms with van der Waals surface area (Å²) < 4.78 is 12.1. The Morgan fingerprint density at radius 1 is 1.14 bits per heavy atom. The van der Waals surface area contributed by atoms with Crippen molar-refractivity contribution in [2.75, 3.05) is 13.7 Å². The van der Waals surface area contributed by atoms with Crippen LogP contribution < -0.4 is 0 Å². The van der Waals surface area contributed by atoms with Crippen LogP contribution in [0.1, 0.15) is 39.2 Å². The van der Waals surface area contributed by atoms with Crippen molar-refractivity contribution in [3.05, 3.63) is 59.2 Å². The Morgan fingerprint density at radius 2 is 1.83 bits per heavy atom. The fraction of sp³-hybridized carbons (Fsp3) is 0.571. The highest BCUT2D eigenvalue weighted by molar-refractivity contribution is 6.04. The third-order valence-electron chi connectivity index (χ3n) is 9.18. The van der Waals surface area contributed by atoms with E-state index in [2.05, 4.69) is 0 Å². The van der Waals surface area contributed by atoms with E-state index in [0.29, 0.717) is 11.1 Å². The lowest BCUT2D eigenvalue weighted by molar-refractivity contribution is -0.199. The van der Waals surface area contributed by atoms with Gasteiger partial charge in [-0.05, 0) is 23.6 Å². The number of fused-ring (bicyclic) bond motifs is 5. The van der Waals surface area contributed by atoms with Crippen LogP contribution in [0.2, 0.25) is 0 Å². The molecule has 2 fully saturated rings. The van der Waals surface area contributed by atoms with E-state index < -0.39 is 45.9 Å². The number of methoxy groups -OCH3 is 1. The SMILES string of the molecule is CO[C@@H]1C[C@@]2(O)[C@@H](C=C(CO)C[C@]3(O)C(=O)C(C)=C[C@@H]23)[C@@H]2C(C)(C)[C@@]21OC(=O)Cc1ccccc1. The van der Waals surface area contributed by atoms with E-state index >= 15 is 0 Å². The van der Waals surface area contributed by atoms with Crippen LogP contribution in [-0.2, 0) is 25.5 Å². The summed E-state index contributed by atoms with van der Waals surface area (Å²) in [4.78, 5) is 26.1. The van der Waals surface area contributed by atoms with Crippen molar-refractivity contribution in [2.24, 2.45) is 23.2 Å². The normalized spacial score (nSPS) is 41.1. The molecule has 4 aliphatic rings. The van der Waals surface area contributed by atoms with Crippen LogP contribution in [-0.4, -0.2) is 63.7 Å². The number of hydrogen-bond acceptors (Lipinski definition) is 7. The summed E-state index contributed by atoms with van der Waals surface area (Å²) in [5.41, 5.74) is -3.13. The number of aliphatic hydroxyl groups is 3. The van der Waals surface area contributed by atoms with Gasteiger partial charge in [-0.25, -0.2) is 0 Å². The molecule has 0 unspecified atom stereocenters. The van der Waals surface area contributed by atoms with Gasteiger partial charge in [0.2, 0.25) is 0 Å². The number of Topliss-reactive ketones (excluding diaryl/α,β-unsaturated/α-hetero) is 1. The molecule has 7 atom stereocenters. The maximum Gasteiger partial charge on any atom is 0.310 e. The van der Waals surface area contributed by atoms with E-state index in [1.807, 2.05) is 44.2 Å². The molecular weight excluding hydrogens is 448 g/mol. The third-order valence-corrected chi connectivity index (χ3v) is 9.18. The average Bonchev–Trinajstić information content (AvgIpc) is 3.24. The van der Waals surface area contributed by atoms with Crippen molar-refractivity contribution in [1.29, 1.82) is 0 Å². The monoisotopic (exact) mass is 482 g/mol. The molecule has 7 nitrogen and oxygen atoms in total. The van der Waals surface area contributed by atoms with Gasteiger partial charge in [-0.15, -0.1) is 0 Å². The first-order valence-electron chi connectivity index (χ1n) is 12.2. The Morgan fingerprint density at radius 3 is 2.46 bits per heavy atom. The Labute approximate surface area is 205 Å². The van der Waals surface area contributed by atoms with Gasteiger partial charge in [0, 0.05) is 43.1 Å². The zero-order valence-electron chi connectivity index (χ0n) is 20.7. The van der Waals surface area contributed by atoms with Crippen LogP contribution in [0.15, 0.2) is 53.6 Å². The largest absolute Gasteiger partial charge is 0.455 e. The summed E-state index contributed by atoms with van der Waals surface area (Å²) in [5.74, 6) is -2.54. The molecule has 0 aromatic heterocycles. The molecule has 0 heterocycles. The lowest BCUT2D eigenvalue weighted by Crippen LogP contribution is -2.61. The van der Waals surface area contributed by atoms with Crippen LogP contribution >= 0.6 is 0 Å². The summed E-state index contributed by atoms with van der Waals surface area (Å²) >= 11 is 0. The van der Waals surface area contributed by atoms with Crippen molar-refractivity contribution in [3.8, 4) is 0 Å². The van der Waals surface area contributed by atoms with E-state index in [1.165, 1.54) is 7.11 Å². The summed E-state index contributed by atoms with van der Waals surface area (Å²) in [6.07, 6.45) is 2.98. The first-order chi connectivity index (χ1) is 16.5. The second-order valence-corrected chi connectivity index (χ2v) is 11.3. The van der Waals surface area contributed by atoms with Crippen LogP contribution in [0, 0.1) is 23.2 Å². The number of ketones is 1. The van der Waals surface area contributed by atoms with Crippen LogP contribution in [0.3, 0.4) is 0 Å². The molecule has 0 amide bonds. The molecule has 4 aliphatic carbocycles. The molecule has 0 bridgehead atoms. The molecule has 1 aromatic rings. The van der Waals surface area contributed by atoms with Gasteiger partial charge in [0.25, 0.3) is 0 Å². The van der Waals surface area contributed by atoms with Crippen molar-refractivity contribution in [2.45, 2.75) is 62.9 Å². The number of aliphatic hydroxyl groups excluding tert-OH is 1. The summed E-state index contributed by atoms with van der Waals surface area (Å²) in [7, 11) is 1.53. The molecule has 1 aromatic carbocycles. The van der Waals surface area contributed by atoms with Crippen molar-refractivity contribution < 1.29 is 34.4 Å². The smallest absolute Gasteiger partial charge is 0.310 e. The highest BCUT2D eigenvalue weighted by Crippen LogP contribution is 2.76. The molecule has 0 spiro atoms. The summed E-state index contributed by atoms with van der Waals surface area (Å²) in [5, 5.41) is 33.9. The van der Waals surface area contributed by atoms with Gasteiger partial charge in [0.1, 0.15) is 17.3 Å². The predicted molar refractivity (Wildman–Crippen MR) is 127 cm³/mol. The topological polar surface area (TPSA) is 113 Å².